The highest BCUT2D eigenvalue weighted by Crippen LogP contribution is 2.38. The lowest BCUT2D eigenvalue weighted by molar-refractivity contribution is 1.05. The lowest BCUT2D eigenvalue weighted by atomic mass is 10.0. The van der Waals surface area contributed by atoms with Gasteiger partial charge in [-0.15, -0.1) is 0 Å². The highest BCUT2D eigenvalue weighted by atomic mass is 16.1. The summed E-state index contributed by atoms with van der Waals surface area (Å²) in [7, 11) is 0. The van der Waals surface area contributed by atoms with Crippen LogP contribution in [0.1, 0.15) is 0 Å². The van der Waals surface area contributed by atoms with Crippen molar-refractivity contribution in [2.24, 2.45) is 0 Å². The standard InChI is InChI=1S/C48H30N4O/c53-48-40-29-47(49-30-41(40)37-19-9-11-21-43(37)51(48)34-15-5-2-6-16-34)52-44-22-12-8-18-36(44)39-28-32(24-26-46(39)52)31-23-25-45-38(27-31)35-17-7-10-20-42(35)50(45)33-13-3-1-4-14-33/h1-30H. The van der Waals surface area contributed by atoms with Crippen molar-refractivity contribution >= 4 is 65.3 Å². The first-order chi connectivity index (χ1) is 26.2. The van der Waals surface area contributed by atoms with Crippen molar-refractivity contribution in [1.82, 2.24) is 18.7 Å². The Hall–Kier alpha value is -7.24. The SMILES string of the molecule is O=c1c2cc(-n3c4ccccc4c4cc(-c5ccc6c(c5)c5ccccc5n6-c5ccccc5)ccc43)ncc2c2ccccc2n1-c1ccccc1. The van der Waals surface area contributed by atoms with Gasteiger partial charge in [-0.25, -0.2) is 4.98 Å². The lowest BCUT2D eigenvalue weighted by Gasteiger charge is -2.14. The number of hydrogen-bond acceptors (Lipinski definition) is 2. The van der Waals surface area contributed by atoms with Crippen molar-refractivity contribution in [3.63, 3.8) is 0 Å². The molecule has 5 nitrogen and oxygen atoms in total. The van der Waals surface area contributed by atoms with Gasteiger partial charge < -0.3 is 4.57 Å². The first-order valence-electron chi connectivity index (χ1n) is 17.8. The molecule has 5 heteroatoms. The molecule has 0 aliphatic rings. The second-order valence-electron chi connectivity index (χ2n) is 13.6. The maximum absolute atomic E-state index is 14.4. The molecule has 248 valence electrons. The molecule has 53 heavy (non-hydrogen) atoms. The van der Waals surface area contributed by atoms with Gasteiger partial charge in [0.1, 0.15) is 5.82 Å². The van der Waals surface area contributed by atoms with Gasteiger partial charge in [-0.3, -0.25) is 13.9 Å². The Balaban J connectivity index is 1.11. The van der Waals surface area contributed by atoms with Gasteiger partial charge in [0.15, 0.2) is 0 Å². The summed E-state index contributed by atoms with van der Waals surface area (Å²) in [5.41, 5.74) is 9.52. The summed E-state index contributed by atoms with van der Waals surface area (Å²) in [6.45, 7) is 0. The predicted octanol–water partition coefficient (Wildman–Crippen LogP) is 11.4. The molecular weight excluding hydrogens is 649 g/mol. The van der Waals surface area contributed by atoms with E-state index in [-0.39, 0.29) is 5.56 Å². The third-order valence-corrected chi connectivity index (χ3v) is 10.7. The monoisotopic (exact) mass is 678 g/mol. The molecule has 4 aromatic heterocycles. The first-order valence-corrected chi connectivity index (χ1v) is 17.8. The maximum atomic E-state index is 14.4. The van der Waals surface area contributed by atoms with E-state index >= 15 is 0 Å². The van der Waals surface area contributed by atoms with E-state index < -0.39 is 0 Å². The van der Waals surface area contributed by atoms with Gasteiger partial charge >= 0.3 is 0 Å². The van der Waals surface area contributed by atoms with Crippen LogP contribution in [0.2, 0.25) is 0 Å². The fourth-order valence-electron chi connectivity index (χ4n) is 8.32. The minimum Gasteiger partial charge on any atom is -0.309 e. The highest BCUT2D eigenvalue weighted by Gasteiger charge is 2.19. The Labute approximate surface area is 303 Å². The second-order valence-corrected chi connectivity index (χ2v) is 13.6. The van der Waals surface area contributed by atoms with Crippen LogP contribution in [0.4, 0.5) is 0 Å². The second kappa shape index (κ2) is 11.4. The molecule has 0 atom stereocenters. The van der Waals surface area contributed by atoms with Gasteiger partial charge in [0.25, 0.3) is 5.56 Å². The van der Waals surface area contributed by atoms with E-state index in [4.69, 9.17) is 4.98 Å². The summed E-state index contributed by atoms with van der Waals surface area (Å²) in [4.78, 5) is 19.4. The molecule has 0 saturated carbocycles. The number of nitrogens with zero attached hydrogens (tertiary/aromatic N) is 4. The lowest BCUT2D eigenvalue weighted by Crippen LogP contribution is -2.19. The summed E-state index contributed by atoms with van der Waals surface area (Å²) >= 11 is 0. The molecule has 4 heterocycles. The zero-order chi connectivity index (χ0) is 35.0. The molecule has 0 radical (unpaired) electrons. The summed E-state index contributed by atoms with van der Waals surface area (Å²) in [6.07, 6.45) is 1.86. The van der Waals surface area contributed by atoms with E-state index in [1.54, 1.807) is 0 Å². The maximum Gasteiger partial charge on any atom is 0.263 e. The van der Waals surface area contributed by atoms with Crippen LogP contribution in [0.5, 0.6) is 0 Å². The Kier molecular flexibility index (Phi) is 6.34. The summed E-state index contributed by atoms with van der Waals surface area (Å²) < 4.78 is 6.35. The van der Waals surface area contributed by atoms with E-state index in [0.29, 0.717) is 11.2 Å². The normalized spacial score (nSPS) is 11.8. The molecule has 0 aliphatic carbocycles. The minimum atomic E-state index is -0.0689. The van der Waals surface area contributed by atoms with Crippen molar-refractivity contribution in [3.05, 3.63) is 192 Å². The Bertz CT molecular complexity index is 3300. The number of pyridine rings is 2. The van der Waals surface area contributed by atoms with Crippen molar-refractivity contribution in [1.29, 1.82) is 0 Å². The van der Waals surface area contributed by atoms with Gasteiger partial charge in [-0.05, 0) is 83.9 Å². The van der Waals surface area contributed by atoms with Crippen LogP contribution in [-0.2, 0) is 0 Å². The molecular formula is C48H30N4O. The van der Waals surface area contributed by atoms with Crippen LogP contribution in [0.15, 0.2) is 187 Å². The van der Waals surface area contributed by atoms with Crippen LogP contribution < -0.4 is 5.56 Å². The number of rotatable bonds is 4. The zero-order valence-corrected chi connectivity index (χ0v) is 28.5. The Morgan fingerprint density at radius 2 is 0.774 bits per heavy atom. The molecule has 0 fully saturated rings. The third kappa shape index (κ3) is 4.38. The smallest absolute Gasteiger partial charge is 0.263 e. The van der Waals surface area contributed by atoms with Gasteiger partial charge in [-0.1, -0.05) is 103 Å². The molecule has 0 unspecified atom stereocenters. The fraction of sp³-hybridized carbons (Fsp3) is 0. The quantitative estimate of drug-likeness (QED) is 0.174. The highest BCUT2D eigenvalue weighted by molar-refractivity contribution is 6.13. The van der Waals surface area contributed by atoms with Gasteiger partial charge in [0.2, 0.25) is 0 Å². The zero-order valence-electron chi connectivity index (χ0n) is 28.5. The number of para-hydroxylation sites is 5. The van der Waals surface area contributed by atoms with Crippen LogP contribution in [0.25, 0.3) is 93.6 Å². The predicted molar refractivity (Wildman–Crippen MR) is 219 cm³/mol. The van der Waals surface area contributed by atoms with E-state index in [9.17, 15) is 4.79 Å². The van der Waals surface area contributed by atoms with Gasteiger partial charge in [0.05, 0.1) is 33.0 Å². The number of benzene rings is 7. The van der Waals surface area contributed by atoms with Gasteiger partial charge in [0, 0.05) is 49.9 Å². The Morgan fingerprint density at radius 1 is 0.340 bits per heavy atom. The molecule has 11 aromatic rings. The topological polar surface area (TPSA) is 44.8 Å². The fourth-order valence-corrected chi connectivity index (χ4v) is 8.32. The molecule has 0 spiro atoms. The number of aromatic nitrogens is 4. The average Bonchev–Trinajstić information content (AvgIpc) is 3.74. The van der Waals surface area contributed by atoms with Crippen LogP contribution in [0, 0.1) is 0 Å². The van der Waals surface area contributed by atoms with Gasteiger partial charge in [-0.2, -0.15) is 0 Å². The number of hydrogen-bond donors (Lipinski definition) is 0. The minimum absolute atomic E-state index is 0.0689. The van der Waals surface area contributed by atoms with Crippen molar-refractivity contribution in [3.8, 4) is 28.3 Å². The van der Waals surface area contributed by atoms with Crippen molar-refractivity contribution in [2.45, 2.75) is 0 Å². The summed E-state index contributed by atoms with van der Waals surface area (Å²) in [5, 5.41) is 7.17. The molecule has 0 saturated heterocycles. The summed E-state index contributed by atoms with van der Waals surface area (Å²) in [6, 6.07) is 61.0. The van der Waals surface area contributed by atoms with E-state index in [1.165, 1.54) is 21.8 Å². The Morgan fingerprint density at radius 3 is 1.36 bits per heavy atom. The molecule has 7 aromatic carbocycles. The molecule has 0 amide bonds. The van der Waals surface area contributed by atoms with Crippen LogP contribution in [0.3, 0.4) is 0 Å². The van der Waals surface area contributed by atoms with E-state index in [2.05, 4.69) is 130 Å². The molecule has 0 aliphatic heterocycles. The molecule has 11 rings (SSSR count). The molecule has 0 N–H and O–H groups in total. The largest absolute Gasteiger partial charge is 0.309 e. The molecule has 0 bridgehead atoms. The first kappa shape index (κ1) is 29.5. The third-order valence-electron chi connectivity index (χ3n) is 10.7. The average molecular weight is 679 g/mol. The van der Waals surface area contributed by atoms with E-state index in [1.807, 2.05) is 65.4 Å². The van der Waals surface area contributed by atoms with Crippen LogP contribution in [-0.4, -0.2) is 18.7 Å². The van der Waals surface area contributed by atoms with Crippen LogP contribution >= 0.6 is 0 Å². The summed E-state index contributed by atoms with van der Waals surface area (Å²) in [5.74, 6) is 0.707. The number of fused-ring (bicyclic) bond motifs is 9. The van der Waals surface area contributed by atoms with Crippen molar-refractivity contribution in [2.75, 3.05) is 0 Å². The van der Waals surface area contributed by atoms with Crippen molar-refractivity contribution < 1.29 is 0 Å². The van der Waals surface area contributed by atoms with E-state index in [0.717, 1.165) is 60.6 Å².